The van der Waals surface area contributed by atoms with Crippen LogP contribution in [-0.2, 0) is 0 Å². The molecule has 154 valence electrons. The summed E-state index contributed by atoms with van der Waals surface area (Å²) >= 11 is 12.0. The van der Waals surface area contributed by atoms with Crippen LogP contribution in [0.1, 0.15) is 17.2 Å². The minimum Gasteiger partial charge on any atom is -0.322 e. The number of anilines is 1. The fraction of sp³-hybridized carbons (Fsp3) is 0.208. The first kappa shape index (κ1) is 20.7. The van der Waals surface area contributed by atoms with Gasteiger partial charge in [0.2, 0.25) is 0 Å². The molecular weight excluding hydrogens is 417 g/mol. The molecule has 1 saturated heterocycles. The number of carbonyl (C=O) groups excluding carboxylic acids is 1. The van der Waals surface area contributed by atoms with Crippen molar-refractivity contribution in [2.24, 2.45) is 0 Å². The standard InChI is InChI=1S/C24H23Cl2N3O/c25-21-12-11-20(17-22(21)26)27-24(30)29-15-13-28(14-16-29)23(18-7-3-1-4-8-18)19-9-5-2-6-10-19/h1-12,17,23H,13-16H2,(H,27,30)/p+1. The highest BCUT2D eigenvalue weighted by molar-refractivity contribution is 6.42. The lowest BCUT2D eigenvalue weighted by Crippen LogP contribution is -3.15. The predicted octanol–water partition coefficient (Wildman–Crippen LogP) is 4.52. The molecule has 1 aliphatic rings. The van der Waals surface area contributed by atoms with Crippen molar-refractivity contribution >= 4 is 34.9 Å². The molecule has 1 heterocycles. The molecule has 4 nitrogen and oxygen atoms in total. The average Bonchev–Trinajstić information content (AvgIpc) is 2.78. The molecule has 1 fully saturated rings. The number of nitrogens with one attached hydrogen (secondary N) is 2. The third-order valence-corrected chi connectivity index (χ3v) is 6.28. The van der Waals surface area contributed by atoms with Gasteiger partial charge in [-0.15, -0.1) is 0 Å². The summed E-state index contributed by atoms with van der Waals surface area (Å²) in [4.78, 5) is 16.0. The van der Waals surface area contributed by atoms with E-state index in [4.69, 9.17) is 23.2 Å². The van der Waals surface area contributed by atoms with E-state index in [1.807, 2.05) is 17.0 Å². The van der Waals surface area contributed by atoms with Crippen LogP contribution < -0.4 is 10.2 Å². The second-order valence-electron chi connectivity index (χ2n) is 7.46. The highest BCUT2D eigenvalue weighted by Crippen LogP contribution is 2.25. The van der Waals surface area contributed by atoms with Crippen LogP contribution in [0.25, 0.3) is 0 Å². The minimum atomic E-state index is -0.108. The molecule has 2 amide bonds. The molecule has 2 N–H and O–H groups in total. The maximum absolute atomic E-state index is 12.7. The van der Waals surface area contributed by atoms with Gasteiger partial charge in [0.1, 0.15) is 6.04 Å². The molecule has 0 atom stereocenters. The van der Waals surface area contributed by atoms with Gasteiger partial charge in [0, 0.05) is 16.8 Å². The summed E-state index contributed by atoms with van der Waals surface area (Å²) in [7, 11) is 0. The molecule has 0 bridgehead atoms. The van der Waals surface area contributed by atoms with Crippen molar-refractivity contribution in [3.05, 3.63) is 100 Å². The van der Waals surface area contributed by atoms with Crippen LogP contribution in [0.5, 0.6) is 0 Å². The molecule has 0 aliphatic carbocycles. The number of benzene rings is 3. The van der Waals surface area contributed by atoms with Gasteiger partial charge in [-0.25, -0.2) is 4.79 Å². The van der Waals surface area contributed by atoms with E-state index >= 15 is 0 Å². The van der Waals surface area contributed by atoms with Crippen LogP contribution in [0.15, 0.2) is 78.9 Å². The number of urea groups is 1. The minimum absolute atomic E-state index is 0.108. The van der Waals surface area contributed by atoms with Crippen molar-refractivity contribution in [3.63, 3.8) is 0 Å². The Kier molecular flexibility index (Phi) is 6.58. The summed E-state index contributed by atoms with van der Waals surface area (Å²) in [6, 6.07) is 26.5. The van der Waals surface area contributed by atoms with Gasteiger partial charge in [-0.2, -0.15) is 0 Å². The van der Waals surface area contributed by atoms with E-state index in [9.17, 15) is 4.79 Å². The molecule has 3 aromatic rings. The number of hydrogen-bond acceptors (Lipinski definition) is 1. The Morgan fingerprint density at radius 2 is 1.40 bits per heavy atom. The van der Waals surface area contributed by atoms with E-state index < -0.39 is 0 Å². The highest BCUT2D eigenvalue weighted by Gasteiger charge is 2.31. The molecule has 0 spiro atoms. The summed E-state index contributed by atoms with van der Waals surface area (Å²) in [6.07, 6.45) is 0. The van der Waals surface area contributed by atoms with Crippen LogP contribution in [0.3, 0.4) is 0 Å². The first-order chi connectivity index (χ1) is 14.6. The van der Waals surface area contributed by atoms with E-state index in [2.05, 4.69) is 53.8 Å². The number of nitrogens with zero attached hydrogens (tertiary/aromatic N) is 1. The summed E-state index contributed by atoms with van der Waals surface area (Å²) < 4.78 is 0. The SMILES string of the molecule is O=C(Nc1ccc(Cl)c(Cl)c1)N1CC[NH+](C(c2ccccc2)c2ccccc2)CC1. The number of hydrogen-bond donors (Lipinski definition) is 2. The maximum Gasteiger partial charge on any atom is 0.322 e. The van der Waals surface area contributed by atoms with E-state index in [1.54, 1.807) is 18.2 Å². The number of rotatable bonds is 4. The fourth-order valence-electron chi connectivity index (χ4n) is 4.02. The predicted molar refractivity (Wildman–Crippen MR) is 122 cm³/mol. The molecule has 1 aliphatic heterocycles. The third kappa shape index (κ3) is 4.78. The number of amides is 2. The van der Waals surface area contributed by atoms with E-state index in [0.29, 0.717) is 28.8 Å². The van der Waals surface area contributed by atoms with Crippen molar-refractivity contribution in [1.29, 1.82) is 0 Å². The van der Waals surface area contributed by atoms with Crippen molar-refractivity contribution in [3.8, 4) is 0 Å². The van der Waals surface area contributed by atoms with E-state index in [1.165, 1.54) is 16.0 Å². The zero-order chi connectivity index (χ0) is 20.9. The quantitative estimate of drug-likeness (QED) is 0.614. The molecule has 0 unspecified atom stereocenters. The Labute approximate surface area is 187 Å². The lowest BCUT2D eigenvalue weighted by molar-refractivity contribution is -0.929. The Morgan fingerprint density at radius 3 is 1.93 bits per heavy atom. The van der Waals surface area contributed by atoms with Crippen LogP contribution >= 0.6 is 23.2 Å². The first-order valence-corrected chi connectivity index (χ1v) is 10.8. The molecule has 3 aromatic carbocycles. The summed E-state index contributed by atoms with van der Waals surface area (Å²) in [5, 5.41) is 3.82. The summed E-state index contributed by atoms with van der Waals surface area (Å²) in [5.41, 5.74) is 3.25. The topological polar surface area (TPSA) is 36.8 Å². The Hall–Kier alpha value is -2.53. The van der Waals surface area contributed by atoms with Gasteiger partial charge in [0.15, 0.2) is 0 Å². The summed E-state index contributed by atoms with van der Waals surface area (Å²) in [5.74, 6) is 0. The van der Waals surface area contributed by atoms with Gasteiger partial charge in [-0.3, -0.25) is 0 Å². The van der Waals surface area contributed by atoms with Crippen LogP contribution in [0.4, 0.5) is 10.5 Å². The van der Waals surface area contributed by atoms with E-state index in [-0.39, 0.29) is 12.1 Å². The fourth-order valence-corrected chi connectivity index (χ4v) is 4.32. The van der Waals surface area contributed by atoms with Gasteiger partial charge in [0.05, 0.1) is 36.2 Å². The van der Waals surface area contributed by atoms with Crippen molar-refractivity contribution in [2.45, 2.75) is 6.04 Å². The molecule has 0 aromatic heterocycles. The zero-order valence-corrected chi connectivity index (χ0v) is 18.0. The average molecular weight is 441 g/mol. The molecule has 0 radical (unpaired) electrons. The summed E-state index contributed by atoms with van der Waals surface area (Å²) in [6.45, 7) is 3.14. The smallest absolute Gasteiger partial charge is 0.322 e. The molecule has 30 heavy (non-hydrogen) atoms. The maximum atomic E-state index is 12.7. The zero-order valence-electron chi connectivity index (χ0n) is 16.5. The van der Waals surface area contributed by atoms with Gasteiger partial charge in [-0.05, 0) is 18.2 Å². The second-order valence-corrected chi connectivity index (χ2v) is 8.27. The Morgan fingerprint density at radius 1 is 0.833 bits per heavy atom. The highest BCUT2D eigenvalue weighted by atomic mass is 35.5. The number of quaternary nitrogens is 1. The van der Waals surface area contributed by atoms with Crippen LogP contribution in [0.2, 0.25) is 10.0 Å². The van der Waals surface area contributed by atoms with E-state index in [0.717, 1.165) is 13.1 Å². The normalized spacial score (nSPS) is 14.7. The first-order valence-electron chi connectivity index (χ1n) is 10.1. The van der Waals surface area contributed by atoms with Crippen LogP contribution in [-0.4, -0.2) is 37.1 Å². The van der Waals surface area contributed by atoms with Gasteiger partial charge >= 0.3 is 6.03 Å². The van der Waals surface area contributed by atoms with Gasteiger partial charge in [0.25, 0.3) is 0 Å². The monoisotopic (exact) mass is 440 g/mol. The lowest BCUT2D eigenvalue weighted by atomic mass is 9.96. The number of halogens is 2. The molecule has 4 rings (SSSR count). The number of piperazine rings is 1. The molecule has 6 heteroatoms. The van der Waals surface area contributed by atoms with Crippen molar-refractivity contribution in [2.75, 3.05) is 31.5 Å². The number of carbonyl (C=O) groups is 1. The van der Waals surface area contributed by atoms with Gasteiger partial charge < -0.3 is 15.1 Å². The lowest BCUT2D eigenvalue weighted by Gasteiger charge is -2.37. The largest absolute Gasteiger partial charge is 0.322 e. The third-order valence-electron chi connectivity index (χ3n) is 5.54. The van der Waals surface area contributed by atoms with Crippen molar-refractivity contribution < 1.29 is 9.69 Å². The van der Waals surface area contributed by atoms with Gasteiger partial charge in [-0.1, -0.05) is 83.9 Å². The molecular formula is C24H24Cl2N3O+. The molecule has 0 saturated carbocycles. The second kappa shape index (κ2) is 9.52. The van der Waals surface area contributed by atoms with Crippen LogP contribution in [0, 0.1) is 0 Å². The Balaban J connectivity index is 1.44. The van der Waals surface area contributed by atoms with Crippen molar-refractivity contribution in [1.82, 2.24) is 4.90 Å². The Bertz CT molecular complexity index is 950.